The average Bonchev–Trinajstić information content (AvgIpc) is 3.29. The summed E-state index contributed by atoms with van der Waals surface area (Å²) in [5.74, 6) is 0.634. The zero-order chi connectivity index (χ0) is 22.8. The number of fused-ring (bicyclic) bond motifs is 2. The third kappa shape index (κ3) is 4.99. The van der Waals surface area contributed by atoms with E-state index in [1.807, 2.05) is 42.5 Å². The summed E-state index contributed by atoms with van der Waals surface area (Å²) < 4.78 is 5.34. The Balaban J connectivity index is 0.00000274. The number of amides is 1. The van der Waals surface area contributed by atoms with Crippen molar-refractivity contribution < 1.29 is 14.6 Å². The summed E-state index contributed by atoms with van der Waals surface area (Å²) in [5.41, 5.74) is 2.93. The van der Waals surface area contributed by atoms with Gasteiger partial charge in [0, 0.05) is 48.8 Å². The second-order valence-electron chi connectivity index (χ2n) is 8.47. The normalized spacial score (nSPS) is 15.7. The molecule has 1 aliphatic rings. The molecule has 1 aromatic carbocycles. The van der Waals surface area contributed by atoms with Gasteiger partial charge in [0.25, 0.3) is 5.91 Å². The standard InChI is InChI=1S/C25H27N5O3.ClH/c1-33-18-4-5-21-20(14-18)19(6-10-26-21)23(31)15-30-11-7-17(8-12-30)28-25(32)22-13-16-3-2-9-27-24(16)29-22;/h2-6,9-10,13-14,17,23,31H,7-8,11-12,15H2,1H3,(H,27,29)(H,28,32);1H/t23-;/m0./s1. The number of aliphatic hydroxyl groups is 1. The van der Waals surface area contributed by atoms with Crippen LogP contribution < -0.4 is 10.1 Å². The smallest absolute Gasteiger partial charge is 0.267 e. The minimum absolute atomic E-state index is 0. The predicted octanol–water partition coefficient (Wildman–Crippen LogP) is 3.47. The molecular formula is C25H28ClN5O3. The van der Waals surface area contributed by atoms with Crippen LogP contribution >= 0.6 is 12.4 Å². The fraction of sp³-hybridized carbons (Fsp3) is 0.320. The molecule has 1 saturated heterocycles. The number of carbonyl (C=O) groups is 1. The quantitative estimate of drug-likeness (QED) is 0.389. The van der Waals surface area contributed by atoms with Crippen LogP contribution in [0.5, 0.6) is 5.75 Å². The van der Waals surface area contributed by atoms with Crippen LogP contribution in [0.2, 0.25) is 0 Å². The molecule has 5 rings (SSSR count). The van der Waals surface area contributed by atoms with Gasteiger partial charge < -0.3 is 25.0 Å². The molecule has 4 heterocycles. The monoisotopic (exact) mass is 481 g/mol. The zero-order valence-corrected chi connectivity index (χ0v) is 19.7. The number of piperidine rings is 1. The fourth-order valence-electron chi connectivity index (χ4n) is 4.51. The van der Waals surface area contributed by atoms with Crippen LogP contribution in [0.4, 0.5) is 0 Å². The largest absolute Gasteiger partial charge is 0.497 e. The molecule has 0 spiro atoms. The summed E-state index contributed by atoms with van der Waals surface area (Å²) in [6, 6.07) is 13.3. The van der Waals surface area contributed by atoms with Crippen LogP contribution in [0.25, 0.3) is 21.9 Å². The Labute approximate surface area is 203 Å². The van der Waals surface area contributed by atoms with Crippen LogP contribution in [0.1, 0.15) is 35.0 Å². The summed E-state index contributed by atoms with van der Waals surface area (Å²) in [5, 5.41) is 15.9. The third-order valence-corrected chi connectivity index (χ3v) is 6.33. The maximum atomic E-state index is 12.7. The SMILES string of the molecule is COc1ccc2nccc([C@@H](O)CN3CCC(NC(=O)c4cc5cccnc5[nH]4)CC3)c2c1.Cl. The summed E-state index contributed by atoms with van der Waals surface area (Å²) >= 11 is 0. The van der Waals surface area contributed by atoms with Crippen LogP contribution in [0, 0.1) is 0 Å². The van der Waals surface area contributed by atoms with Crippen LogP contribution in [0.3, 0.4) is 0 Å². The number of likely N-dealkylation sites (tertiary alicyclic amines) is 1. The molecule has 0 bridgehead atoms. The lowest BCUT2D eigenvalue weighted by Gasteiger charge is -2.33. The van der Waals surface area contributed by atoms with Gasteiger partial charge in [-0.05, 0) is 60.9 Å². The lowest BCUT2D eigenvalue weighted by atomic mass is 10.0. The van der Waals surface area contributed by atoms with Crippen molar-refractivity contribution in [2.45, 2.75) is 25.0 Å². The maximum Gasteiger partial charge on any atom is 0.267 e. The number of ether oxygens (including phenoxy) is 1. The number of H-pyrrole nitrogens is 1. The fourth-order valence-corrected chi connectivity index (χ4v) is 4.51. The van der Waals surface area contributed by atoms with Crippen molar-refractivity contribution in [2.24, 2.45) is 0 Å². The lowest BCUT2D eigenvalue weighted by Crippen LogP contribution is -2.45. The van der Waals surface area contributed by atoms with E-state index in [1.165, 1.54) is 0 Å². The highest BCUT2D eigenvalue weighted by Gasteiger charge is 2.24. The Hall–Kier alpha value is -3.20. The number of benzene rings is 1. The van der Waals surface area contributed by atoms with E-state index < -0.39 is 6.10 Å². The van der Waals surface area contributed by atoms with Crippen molar-refractivity contribution >= 4 is 40.3 Å². The molecule has 4 aromatic rings. The number of hydrogen-bond acceptors (Lipinski definition) is 6. The molecule has 0 aliphatic carbocycles. The highest BCUT2D eigenvalue weighted by atomic mass is 35.5. The molecule has 3 N–H and O–H groups in total. The summed E-state index contributed by atoms with van der Waals surface area (Å²) in [6.07, 6.45) is 4.47. The predicted molar refractivity (Wildman–Crippen MR) is 134 cm³/mol. The number of halogens is 1. The molecule has 0 unspecified atom stereocenters. The highest BCUT2D eigenvalue weighted by molar-refractivity contribution is 5.97. The molecule has 178 valence electrons. The van der Waals surface area contributed by atoms with Crippen molar-refractivity contribution in [3.63, 3.8) is 0 Å². The molecule has 1 aliphatic heterocycles. The van der Waals surface area contributed by atoms with E-state index in [1.54, 1.807) is 19.5 Å². The first-order valence-corrected chi connectivity index (χ1v) is 11.2. The minimum atomic E-state index is -0.632. The molecular weight excluding hydrogens is 454 g/mol. The Morgan fingerprint density at radius 2 is 2.03 bits per heavy atom. The van der Waals surface area contributed by atoms with Gasteiger partial charge in [-0.3, -0.25) is 9.78 Å². The van der Waals surface area contributed by atoms with Gasteiger partial charge in [-0.2, -0.15) is 0 Å². The van der Waals surface area contributed by atoms with Gasteiger partial charge in [0.05, 0.1) is 18.7 Å². The first kappa shape index (κ1) is 23.9. The molecule has 0 radical (unpaired) electrons. The number of aliphatic hydroxyl groups excluding tert-OH is 1. The van der Waals surface area contributed by atoms with Crippen LogP contribution in [-0.2, 0) is 0 Å². The zero-order valence-electron chi connectivity index (χ0n) is 18.9. The van der Waals surface area contributed by atoms with Crippen LogP contribution in [-0.4, -0.2) is 63.7 Å². The topological polar surface area (TPSA) is 103 Å². The second kappa shape index (κ2) is 10.4. The summed E-state index contributed by atoms with van der Waals surface area (Å²) in [6.45, 7) is 2.15. The Morgan fingerprint density at radius 3 is 2.79 bits per heavy atom. The molecule has 3 aromatic heterocycles. The third-order valence-electron chi connectivity index (χ3n) is 6.33. The number of aromatic amines is 1. The van der Waals surface area contributed by atoms with Crippen molar-refractivity contribution in [1.82, 2.24) is 25.2 Å². The number of aromatic nitrogens is 3. The molecule has 9 heteroatoms. The minimum Gasteiger partial charge on any atom is -0.497 e. The van der Waals surface area contributed by atoms with Gasteiger partial charge in [-0.25, -0.2) is 4.98 Å². The van der Waals surface area contributed by atoms with Gasteiger partial charge in [-0.15, -0.1) is 12.4 Å². The maximum absolute atomic E-state index is 12.7. The molecule has 1 amide bonds. The van der Waals surface area contributed by atoms with Crippen LogP contribution in [0.15, 0.2) is 54.9 Å². The van der Waals surface area contributed by atoms with Gasteiger partial charge in [-0.1, -0.05) is 0 Å². The Morgan fingerprint density at radius 1 is 1.21 bits per heavy atom. The molecule has 1 atom stereocenters. The Bertz CT molecular complexity index is 1250. The number of rotatable bonds is 6. The van der Waals surface area contributed by atoms with E-state index in [9.17, 15) is 9.90 Å². The lowest BCUT2D eigenvalue weighted by molar-refractivity contribution is 0.0828. The van der Waals surface area contributed by atoms with Crippen molar-refractivity contribution in [3.05, 3.63) is 66.1 Å². The number of methoxy groups -OCH3 is 1. The van der Waals surface area contributed by atoms with Gasteiger partial charge in [0.1, 0.15) is 17.1 Å². The van der Waals surface area contributed by atoms with Gasteiger partial charge in [0.2, 0.25) is 0 Å². The van der Waals surface area contributed by atoms with Gasteiger partial charge >= 0.3 is 0 Å². The molecule has 34 heavy (non-hydrogen) atoms. The summed E-state index contributed by atoms with van der Waals surface area (Å²) in [7, 11) is 1.63. The number of nitrogens with zero attached hydrogens (tertiary/aromatic N) is 3. The van der Waals surface area contributed by atoms with E-state index in [4.69, 9.17) is 4.74 Å². The van der Waals surface area contributed by atoms with E-state index >= 15 is 0 Å². The van der Waals surface area contributed by atoms with E-state index in [0.29, 0.717) is 17.9 Å². The molecule has 0 saturated carbocycles. The number of hydrogen-bond donors (Lipinski definition) is 3. The van der Waals surface area contributed by atoms with Crippen molar-refractivity contribution in [2.75, 3.05) is 26.7 Å². The highest BCUT2D eigenvalue weighted by Crippen LogP contribution is 2.27. The number of nitrogens with one attached hydrogen (secondary N) is 2. The van der Waals surface area contributed by atoms with E-state index in [2.05, 4.69) is 25.2 Å². The second-order valence-corrected chi connectivity index (χ2v) is 8.47. The molecule has 1 fully saturated rings. The summed E-state index contributed by atoms with van der Waals surface area (Å²) in [4.78, 5) is 26.6. The van der Waals surface area contributed by atoms with E-state index in [0.717, 1.165) is 53.5 Å². The van der Waals surface area contributed by atoms with Gasteiger partial charge in [0.15, 0.2) is 0 Å². The van der Waals surface area contributed by atoms with Crippen molar-refractivity contribution in [1.29, 1.82) is 0 Å². The number of β-amino-alcohol motifs (C(OH)–C–C–N with tert-alkyl or cyclic N) is 1. The Kier molecular flexibility index (Phi) is 7.31. The number of carbonyl (C=O) groups excluding carboxylic acids is 1. The first-order valence-electron chi connectivity index (χ1n) is 11.2. The molecule has 8 nitrogen and oxygen atoms in total. The van der Waals surface area contributed by atoms with E-state index in [-0.39, 0.29) is 24.4 Å². The number of pyridine rings is 2. The first-order chi connectivity index (χ1) is 16.1. The van der Waals surface area contributed by atoms with Crippen molar-refractivity contribution in [3.8, 4) is 5.75 Å². The average molecular weight is 482 g/mol.